The Labute approximate surface area is 41.6 Å². The third kappa shape index (κ3) is 4.13. The topological polar surface area (TPSA) is 0 Å². The van der Waals surface area contributed by atoms with Gasteiger partial charge in [0.25, 0.3) is 0 Å². The van der Waals surface area contributed by atoms with E-state index in [4.69, 9.17) is 0 Å². The van der Waals surface area contributed by atoms with E-state index in [0.29, 0.717) is 0 Å². The molecule has 2 heteroatoms. The highest BCUT2D eigenvalue weighted by Gasteiger charge is 1.93. The molecular formula is C4H12B2. The van der Waals surface area contributed by atoms with Gasteiger partial charge in [-0.3, -0.25) is 0 Å². The molecule has 6 heavy (non-hydrogen) atoms. The molecule has 0 N–H and O–H groups in total. The van der Waals surface area contributed by atoms with Crippen molar-refractivity contribution in [1.82, 2.24) is 0 Å². The summed E-state index contributed by atoms with van der Waals surface area (Å²) in [6, 6.07) is 0. The van der Waals surface area contributed by atoms with Crippen molar-refractivity contribution < 1.29 is 0 Å². The first-order valence-corrected chi connectivity index (χ1v) is 2.77. The summed E-state index contributed by atoms with van der Waals surface area (Å²) in [5.41, 5.74) is 0. The molecule has 0 heterocycles. The Morgan fingerprint density at radius 1 is 1.50 bits per heavy atom. The highest BCUT2D eigenvalue weighted by atomic mass is 13.4. The minimum absolute atomic E-state index is 0.898. The van der Waals surface area contributed by atoms with Crippen molar-refractivity contribution in [2.45, 2.75) is 26.9 Å². The van der Waals surface area contributed by atoms with Crippen LogP contribution in [0.3, 0.4) is 0 Å². The SMILES string of the molecule is CCBB(C)C. The van der Waals surface area contributed by atoms with Crippen molar-refractivity contribution in [2.75, 3.05) is 0 Å². The summed E-state index contributed by atoms with van der Waals surface area (Å²) in [7, 11) is 1.38. The second-order valence-electron chi connectivity index (χ2n) is 2.18. The van der Waals surface area contributed by atoms with Gasteiger partial charge in [0, 0.05) is 0 Å². The molecule has 0 aromatic rings. The summed E-state index contributed by atoms with van der Waals surface area (Å²) < 4.78 is 0. The van der Waals surface area contributed by atoms with Gasteiger partial charge in [0.15, 0.2) is 0 Å². The maximum Gasteiger partial charge on any atom is 0.0977 e. The first-order chi connectivity index (χ1) is 2.77. The summed E-state index contributed by atoms with van der Waals surface area (Å²) in [5.74, 6) is 0. The minimum Gasteiger partial charge on any atom is -0.0926 e. The van der Waals surface area contributed by atoms with Crippen molar-refractivity contribution in [1.29, 1.82) is 0 Å². The Kier molecular flexibility index (Phi) is 3.40. The monoisotopic (exact) mass is 82.1 g/mol. The van der Waals surface area contributed by atoms with Crippen LogP contribution >= 0.6 is 0 Å². The lowest BCUT2D eigenvalue weighted by molar-refractivity contribution is 1.47. The number of hydrogen-bond acceptors (Lipinski definition) is 0. The molecule has 0 fully saturated rings. The molecule has 0 amide bonds. The van der Waals surface area contributed by atoms with E-state index in [1.54, 1.807) is 0 Å². The maximum absolute atomic E-state index is 2.25. The Hall–Kier alpha value is 0.130. The van der Waals surface area contributed by atoms with E-state index in [0.717, 1.165) is 6.60 Å². The predicted octanol–water partition coefficient (Wildman–Crippen LogP) is 1.11. The molecule has 0 saturated heterocycles. The van der Waals surface area contributed by atoms with Crippen molar-refractivity contribution in [3.63, 3.8) is 0 Å². The van der Waals surface area contributed by atoms with Crippen LogP contribution < -0.4 is 0 Å². The molecule has 0 bridgehead atoms. The standard InChI is InChI=1S/C4H12B2/c1-4-5-6(2)3/h5H,4H2,1-3H3. The smallest absolute Gasteiger partial charge is 0.0926 e. The van der Waals surface area contributed by atoms with E-state index in [9.17, 15) is 0 Å². The lowest BCUT2D eigenvalue weighted by Gasteiger charge is -1.88. The molecule has 0 unspecified atom stereocenters. The summed E-state index contributed by atoms with van der Waals surface area (Å²) in [6.45, 7) is 7.63. The third-order valence-electron chi connectivity index (χ3n) is 0.866. The lowest BCUT2D eigenvalue weighted by atomic mass is 9.23. The van der Waals surface area contributed by atoms with Crippen LogP contribution in [0.1, 0.15) is 6.92 Å². The molecule has 0 aliphatic carbocycles. The van der Waals surface area contributed by atoms with Crippen LogP contribution in [-0.2, 0) is 0 Å². The Bertz CT molecular complexity index is 26.7. The fourth-order valence-corrected chi connectivity index (χ4v) is 0.577. The largest absolute Gasteiger partial charge is 0.0977 e. The average Bonchev–Trinajstić information content (AvgIpc) is 1.35. The first-order valence-electron chi connectivity index (χ1n) is 2.77. The van der Waals surface area contributed by atoms with E-state index in [1.807, 2.05) is 0 Å². The Morgan fingerprint density at radius 3 is 2.00 bits per heavy atom. The molecule has 0 rings (SSSR count). The predicted molar refractivity (Wildman–Crippen MR) is 35.1 cm³/mol. The van der Waals surface area contributed by atoms with Gasteiger partial charge in [-0.1, -0.05) is 26.9 Å². The second-order valence-corrected chi connectivity index (χ2v) is 2.18. The quantitative estimate of drug-likeness (QED) is 0.437. The van der Waals surface area contributed by atoms with Crippen LogP contribution in [0, 0.1) is 0 Å². The van der Waals surface area contributed by atoms with Gasteiger partial charge in [-0.15, -0.1) is 0 Å². The molecule has 0 radical (unpaired) electrons. The van der Waals surface area contributed by atoms with Gasteiger partial charge in [0.05, 0.1) is 13.8 Å². The zero-order valence-electron chi connectivity index (χ0n) is 4.99. The van der Waals surface area contributed by atoms with Crippen LogP contribution in [0.5, 0.6) is 0 Å². The summed E-state index contributed by atoms with van der Waals surface area (Å²) in [4.78, 5) is 0. The zero-order valence-corrected chi connectivity index (χ0v) is 4.99. The first kappa shape index (κ1) is 6.13. The summed E-state index contributed by atoms with van der Waals surface area (Å²) in [5, 5.41) is 0. The van der Waals surface area contributed by atoms with Crippen molar-refractivity contribution >= 4 is 13.8 Å². The molecule has 0 aromatic heterocycles. The van der Waals surface area contributed by atoms with Crippen LogP contribution in [0.4, 0.5) is 0 Å². The molecule has 0 spiro atoms. The molecule has 0 aliphatic heterocycles. The molecule has 0 saturated carbocycles. The minimum atomic E-state index is 0.898. The van der Waals surface area contributed by atoms with Crippen molar-refractivity contribution in [3.05, 3.63) is 0 Å². The van der Waals surface area contributed by atoms with Gasteiger partial charge >= 0.3 is 0 Å². The van der Waals surface area contributed by atoms with Gasteiger partial charge in [-0.05, 0) is 0 Å². The fraction of sp³-hybridized carbons (Fsp3) is 1.00. The third-order valence-corrected chi connectivity index (χ3v) is 0.866. The fourth-order valence-electron chi connectivity index (χ4n) is 0.577. The van der Waals surface area contributed by atoms with Crippen LogP contribution in [-0.4, -0.2) is 13.8 Å². The Morgan fingerprint density at radius 2 is 2.00 bits per heavy atom. The highest BCUT2D eigenvalue weighted by molar-refractivity contribution is 7.11. The lowest BCUT2D eigenvalue weighted by Crippen LogP contribution is -2.09. The molecular weight excluding hydrogens is 69.7 g/mol. The van der Waals surface area contributed by atoms with E-state index < -0.39 is 0 Å². The maximum atomic E-state index is 2.25. The average molecular weight is 81.8 g/mol. The second kappa shape index (κ2) is 3.32. The van der Waals surface area contributed by atoms with E-state index in [-0.39, 0.29) is 0 Å². The van der Waals surface area contributed by atoms with Crippen molar-refractivity contribution in [2.24, 2.45) is 0 Å². The van der Waals surface area contributed by atoms with Gasteiger partial charge in [-0.2, -0.15) is 0 Å². The van der Waals surface area contributed by atoms with Crippen LogP contribution in [0.15, 0.2) is 0 Å². The molecule has 34 valence electrons. The van der Waals surface area contributed by atoms with Gasteiger partial charge in [0.1, 0.15) is 0 Å². The summed E-state index contributed by atoms with van der Waals surface area (Å²) >= 11 is 0. The normalized spacial score (nSPS) is 7.83. The molecule has 0 aromatic carbocycles. The zero-order chi connectivity index (χ0) is 4.99. The van der Waals surface area contributed by atoms with Gasteiger partial charge in [0.2, 0.25) is 0 Å². The Balaban J connectivity index is 2.63. The van der Waals surface area contributed by atoms with E-state index in [2.05, 4.69) is 20.6 Å². The number of rotatable bonds is 2. The molecule has 0 atom stereocenters. The molecule has 0 aliphatic rings. The van der Waals surface area contributed by atoms with E-state index >= 15 is 0 Å². The van der Waals surface area contributed by atoms with Gasteiger partial charge < -0.3 is 0 Å². The van der Waals surface area contributed by atoms with Gasteiger partial charge in [-0.25, -0.2) is 0 Å². The van der Waals surface area contributed by atoms with E-state index in [1.165, 1.54) is 13.5 Å². The van der Waals surface area contributed by atoms with Crippen molar-refractivity contribution in [3.8, 4) is 0 Å². The van der Waals surface area contributed by atoms with Crippen LogP contribution in [0.2, 0.25) is 20.0 Å². The summed E-state index contributed by atoms with van der Waals surface area (Å²) in [6.07, 6.45) is 1.33. The highest BCUT2D eigenvalue weighted by Crippen LogP contribution is 1.79. The molecule has 0 nitrogen and oxygen atoms in total. The van der Waals surface area contributed by atoms with Crippen LogP contribution in [0.25, 0.3) is 0 Å². The number of hydrogen-bond donors (Lipinski definition) is 0.